The van der Waals surface area contributed by atoms with E-state index in [4.69, 9.17) is 0 Å². The number of aromatic amines is 3. The summed E-state index contributed by atoms with van der Waals surface area (Å²) in [6.45, 7) is 121. The molecule has 0 aliphatic carbocycles. The molecule has 11 heterocycles. The minimum Gasteiger partial charge on any atom is -0.473 e. The highest BCUT2D eigenvalue weighted by atomic mass is 16.3. The van der Waals surface area contributed by atoms with Crippen LogP contribution in [0.1, 0.15) is 431 Å². The zero-order valence-electron chi connectivity index (χ0n) is 99.9. The Balaban J connectivity index is -0.0000000533. The molecule has 1 aromatic carbocycles. The fourth-order valence-corrected chi connectivity index (χ4v) is 3.85. The molecule has 12 rings (SSSR count). The Morgan fingerprint density at radius 2 is 0.603 bits per heavy atom. The summed E-state index contributed by atoms with van der Waals surface area (Å²) in [5.41, 5.74) is 1.52. The molecule has 0 spiro atoms. The average Bonchev–Trinajstić information content (AvgIpc) is 1.84. The lowest BCUT2D eigenvalue weighted by Gasteiger charge is -2.05. The first-order chi connectivity index (χ1) is 64.8. The van der Waals surface area contributed by atoms with E-state index < -0.39 is 0 Å². The van der Waals surface area contributed by atoms with Gasteiger partial charge < -0.3 is 13.8 Å². The van der Waals surface area contributed by atoms with Gasteiger partial charge in [0, 0.05) is 105 Å². The molecule has 0 unspecified atom stereocenters. The maximum atomic E-state index is 4.58. The highest BCUT2D eigenvalue weighted by Crippen LogP contribution is 2.08. The van der Waals surface area contributed by atoms with E-state index in [0.717, 1.165) is 58.9 Å². The second-order valence-corrected chi connectivity index (χ2v) is 30.9. The molecule has 0 atom stereocenters. The quantitative estimate of drug-likeness (QED) is 0.148. The van der Waals surface area contributed by atoms with E-state index in [0.29, 0.717) is 23.3 Å². The Hall–Kier alpha value is -10.2. The van der Waals surface area contributed by atoms with E-state index >= 15 is 0 Å². The van der Waals surface area contributed by atoms with Crippen molar-refractivity contribution in [1.29, 1.82) is 0 Å². The standard InChI is InChI=1S/C6H10N2.C6H6.2C5H9N3.C5H5N.C5H12.3C4H4N2.C4H4O.8C4H10.C3H3N3.C3H4N2.C3H3NO.12C2H6/c1-6(2)8-5-3-4-7-8;1-2-4-6-5-3-1;1-4(2)5-6-3-7-8-5;1-4(2)5-3-6-8-7-5;1-2-4-6-5-3-1;1-5(2,3)4;1-2-6-4-3-5-1;1-2-5-4-6-3-1;1-2-4-6-5-3-1;1-2-4-5-3-1;8*1-4(2)3;1-2-5-6-3-4-1;2*1-2-5-3-4-1;12*1-2/h3-6H,1-2H3;1-6H;2*3-4H,1-2H3,(H,6,7,8);1-5H;1-4H3;3*1-4H;1-4H;8*4H,1-3H3;1-3H;1-3H,(H,4,5);1-3H;12*1-2H3. The molecule has 0 saturated heterocycles. The number of H-pyrrole nitrogens is 3. The number of pyridine rings is 1. The van der Waals surface area contributed by atoms with Crippen molar-refractivity contribution in [3.05, 3.63) is 265 Å². The third-order valence-electron chi connectivity index (χ3n) is 7.31. The van der Waals surface area contributed by atoms with Crippen molar-refractivity contribution in [1.82, 2.24) is 106 Å². The second-order valence-electron chi connectivity index (χ2n) is 30.9. The molecular formula is C113H229N21O2. The molecule has 23 nitrogen and oxygen atoms in total. The molecule has 0 radical (unpaired) electrons. The summed E-state index contributed by atoms with van der Waals surface area (Å²) in [5.74, 6) is 8.55. The zero-order chi connectivity index (χ0) is 111. The molecule has 0 bridgehead atoms. The predicted octanol–water partition coefficient (Wildman–Crippen LogP) is 37.4. The normalized spacial score (nSPS) is 7.92. The minimum atomic E-state index is 0.456. The van der Waals surface area contributed by atoms with Crippen LogP contribution >= 0.6 is 0 Å². The first-order valence-electron chi connectivity index (χ1n) is 50.7. The lowest BCUT2D eigenvalue weighted by molar-refractivity contribution is 0.469. The summed E-state index contributed by atoms with van der Waals surface area (Å²) in [5, 5.41) is 34.6. The fraction of sp³-hybridized carbons (Fsp3) is 0.619. The van der Waals surface area contributed by atoms with E-state index in [2.05, 4.69) is 345 Å². The number of nitrogens with one attached hydrogen (secondary N) is 3. The number of imidazole rings is 1. The SMILES string of the molecule is CC.CC.CC.CC.CC.CC.CC.CC.CC.CC.CC.CC.CC(C)(C)C.CC(C)C.CC(C)C.CC(C)C.CC(C)C.CC(C)C.CC(C)C.CC(C)C.CC(C)C.CC(C)c1cn[nH]n1.CC(C)c1ncn[nH]1.CC(C)n1cccn1.c1c[nH]cn1.c1ccccc1.c1ccncc1.c1ccnnc1.c1ccoc1.c1cnccn1.c1cncnc1.c1cnncn1.c1cocn1. The largest absolute Gasteiger partial charge is 0.473 e. The van der Waals surface area contributed by atoms with Crippen molar-refractivity contribution in [3.63, 3.8) is 0 Å². The third kappa shape index (κ3) is 343. The summed E-state index contributed by atoms with van der Waals surface area (Å²) >= 11 is 0. The maximum absolute atomic E-state index is 4.58. The van der Waals surface area contributed by atoms with E-state index in [1.165, 1.54) is 37.8 Å². The monoisotopic (exact) mass is 1910 g/mol. The van der Waals surface area contributed by atoms with Gasteiger partial charge in [-0.3, -0.25) is 24.7 Å². The minimum absolute atomic E-state index is 0.456. The lowest BCUT2D eigenvalue weighted by Crippen LogP contribution is -1.99. The van der Waals surface area contributed by atoms with Gasteiger partial charge in [-0.1, -0.05) is 430 Å². The Labute approximate surface area is 846 Å². The van der Waals surface area contributed by atoms with E-state index in [9.17, 15) is 0 Å². The van der Waals surface area contributed by atoms with Gasteiger partial charge in [-0.15, -0.1) is 5.10 Å². The Morgan fingerprint density at radius 3 is 0.713 bits per heavy atom. The summed E-state index contributed by atoms with van der Waals surface area (Å²) in [7, 11) is 0. The number of oxazole rings is 1. The van der Waals surface area contributed by atoms with Crippen LogP contribution in [0.5, 0.6) is 0 Å². The van der Waals surface area contributed by atoms with Crippen molar-refractivity contribution in [3.8, 4) is 0 Å². The second kappa shape index (κ2) is 188. The molecular weight excluding hydrogens is 1680 g/mol. The lowest BCUT2D eigenvalue weighted by atomic mass is 10.0. The molecule has 11 aromatic heterocycles. The van der Waals surface area contributed by atoms with Gasteiger partial charge >= 0.3 is 0 Å². The fourth-order valence-electron chi connectivity index (χ4n) is 3.85. The summed E-state index contributed by atoms with van der Waals surface area (Å²) in [6.07, 6.45) is 42.5. The number of furan rings is 1. The Morgan fingerprint density at radius 1 is 0.279 bits per heavy atom. The number of hydrogen-bond donors (Lipinski definition) is 3. The van der Waals surface area contributed by atoms with Crippen LogP contribution in [0.2, 0.25) is 0 Å². The number of rotatable bonds is 3. The van der Waals surface area contributed by atoms with Crippen LogP contribution in [0.25, 0.3) is 0 Å². The third-order valence-corrected chi connectivity index (χ3v) is 7.31. The van der Waals surface area contributed by atoms with Gasteiger partial charge in [0.1, 0.15) is 31.1 Å². The van der Waals surface area contributed by atoms with Crippen LogP contribution in [0.15, 0.2) is 262 Å². The van der Waals surface area contributed by atoms with Gasteiger partial charge in [-0.25, -0.2) is 29.9 Å². The molecule has 12 aromatic rings. The van der Waals surface area contributed by atoms with Crippen molar-refractivity contribution >= 4 is 0 Å². The molecule has 3 N–H and O–H groups in total. The van der Waals surface area contributed by atoms with Gasteiger partial charge in [0.15, 0.2) is 6.39 Å². The molecule has 0 saturated carbocycles. The molecule has 23 heteroatoms. The molecule has 0 amide bonds. The first-order valence-corrected chi connectivity index (χ1v) is 50.7. The highest BCUT2D eigenvalue weighted by molar-refractivity contribution is 4.99. The van der Waals surface area contributed by atoms with Crippen molar-refractivity contribution in [2.24, 2.45) is 52.8 Å². The van der Waals surface area contributed by atoms with E-state index in [1.807, 2.05) is 262 Å². The van der Waals surface area contributed by atoms with Crippen LogP contribution in [-0.2, 0) is 0 Å². The first kappa shape index (κ1) is 178. The van der Waals surface area contributed by atoms with Crippen LogP contribution in [0.3, 0.4) is 0 Å². The van der Waals surface area contributed by atoms with Gasteiger partial charge in [0.25, 0.3) is 0 Å². The molecule has 0 aliphatic heterocycles. The van der Waals surface area contributed by atoms with Gasteiger partial charge in [-0.05, 0) is 121 Å². The smallest absolute Gasteiger partial charge is 0.180 e. The molecule has 0 aliphatic rings. The Kier molecular flexibility index (Phi) is 247. The van der Waals surface area contributed by atoms with Crippen LogP contribution in [0, 0.1) is 52.8 Å². The molecule has 0 fully saturated rings. The number of hydrogen-bond acceptors (Lipinski definition) is 19. The summed E-state index contributed by atoms with van der Waals surface area (Å²) in [6, 6.07) is 29.2. The van der Waals surface area contributed by atoms with Gasteiger partial charge in [0.05, 0.1) is 43.1 Å². The summed E-state index contributed by atoms with van der Waals surface area (Å²) < 4.78 is 11.0. The van der Waals surface area contributed by atoms with E-state index in [1.54, 1.807) is 124 Å². The van der Waals surface area contributed by atoms with E-state index in [-0.39, 0.29) is 0 Å². The average molecular weight is 1910 g/mol. The maximum Gasteiger partial charge on any atom is 0.180 e. The van der Waals surface area contributed by atoms with Gasteiger partial charge in [-0.2, -0.15) is 40.9 Å². The van der Waals surface area contributed by atoms with Crippen molar-refractivity contribution < 1.29 is 8.83 Å². The number of nitrogens with zero attached hydrogens (tertiary/aromatic N) is 18. The van der Waals surface area contributed by atoms with Gasteiger partial charge in [0.2, 0.25) is 0 Å². The highest BCUT2D eigenvalue weighted by Gasteiger charge is 1.99. The van der Waals surface area contributed by atoms with Crippen LogP contribution in [0.4, 0.5) is 0 Å². The zero-order valence-corrected chi connectivity index (χ0v) is 99.9. The van der Waals surface area contributed by atoms with Crippen molar-refractivity contribution in [2.45, 2.75) is 419 Å². The number of benzene rings is 1. The van der Waals surface area contributed by atoms with Crippen molar-refractivity contribution in [2.75, 3.05) is 0 Å². The molecule has 136 heavy (non-hydrogen) atoms. The molecule has 798 valence electrons. The predicted molar refractivity (Wildman–Crippen MR) is 609 cm³/mol. The topological polar surface area (TPSA) is 298 Å². The summed E-state index contributed by atoms with van der Waals surface area (Å²) in [4.78, 5) is 36.1. The van der Waals surface area contributed by atoms with Crippen LogP contribution < -0.4 is 0 Å². The number of aromatic nitrogens is 21. The van der Waals surface area contributed by atoms with Crippen LogP contribution in [-0.4, -0.2) is 106 Å². The Bertz CT molecular complexity index is 2500.